The first-order valence-corrected chi connectivity index (χ1v) is 10.0. The number of amides is 2. The first kappa shape index (κ1) is 17.3. The summed E-state index contributed by atoms with van der Waals surface area (Å²) < 4.78 is 1.57. The molecule has 0 aromatic carbocycles. The zero-order valence-corrected chi connectivity index (χ0v) is 15.8. The van der Waals surface area contributed by atoms with Crippen LogP contribution in [-0.2, 0) is 28.1 Å². The van der Waals surface area contributed by atoms with Crippen LogP contribution < -0.4 is 0 Å². The van der Waals surface area contributed by atoms with Crippen LogP contribution in [0.1, 0.15) is 43.5 Å². The second-order valence-corrected chi connectivity index (χ2v) is 7.98. The third-order valence-electron chi connectivity index (χ3n) is 6.34. The van der Waals surface area contributed by atoms with Gasteiger partial charge in [-0.15, -0.1) is 5.10 Å². The Morgan fingerprint density at radius 3 is 2.75 bits per heavy atom. The quantitative estimate of drug-likeness (QED) is 0.800. The predicted octanol–water partition coefficient (Wildman–Crippen LogP) is 0.0989. The molecule has 2 amide bonds. The molecule has 3 aliphatic rings. The van der Waals surface area contributed by atoms with E-state index in [0.717, 1.165) is 50.0 Å². The average molecular weight is 384 g/mol. The van der Waals surface area contributed by atoms with Gasteiger partial charge in [-0.1, -0.05) is 0 Å². The number of aromatic nitrogens is 6. The molecule has 148 valence electrons. The van der Waals surface area contributed by atoms with Crippen molar-refractivity contribution in [1.82, 2.24) is 40.0 Å². The molecular formula is C18H24N8O2. The minimum Gasteiger partial charge on any atom is -0.348 e. The van der Waals surface area contributed by atoms with Gasteiger partial charge in [0.2, 0.25) is 11.8 Å². The number of nitrogens with zero attached hydrogens (tertiary/aromatic N) is 7. The summed E-state index contributed by atoms with van der Waals surface area (Å²) in [7, 11) is 0. The van der Waals surface area contributed by atoms with Crippen molar-refractivity contribution in [2.24, 2.45) is 5.92 Å². The van der Waals surface area contributed by atoms with E-state index in [9.17, 15) is 9.59 Å². The van der Waals surface area contributed by atoms with E-state index in [1.54, 1.807) is 11.0 Å². The summed E-state index contributed by atoms with van der Waals surface area (Å²) in [6, 6.07) is 0. The fourth-order valence-electron chi connectivity index (χ4n) is 4.63. The topological polar surface area (TPSA) is 113 Å². The number of fused-ring (bicyclic) bond motifs is 2. The molecule has 10 nitrogen and oxygen atoms in total. The van der Waals surface area contributed by atoms with E-state index in [4.69, 9.17) is 0 Å². The number of likely N-dealkylation sites (tertiary alicyclic amines) is 1. The summed E-state index contributed by atoms with van der Waals surface area (Å²) in [5.41, 5.74) is 1.77. The molecule has 2 aromatic heterocycles. The van der Waals surface area contributed by atoms with E-state index in [2.05, 4.69) is 30.4 Å². The molecule has 1 aliphatic carbocycles. The maximum Gasteiger partial charge on any atom is 0.226 e. The Kier molecular flexibility index (Phi) is 4.13. The van der Waals surface area contributed by atoms with Gasteiger partial charge in [-0.2, -0.15) is 0 Å². The number of carbonyl (C=O) groups is 2. The van der Waals surface area contributed by atoms with Gasteiger partial charge >= 0.3 is 0 Å². The number of piperidine rings is 1. The number of aryl methyl sites for hydroxylation is 1. The summed E-state index contributed by atoms with van der Waals surface area (Å²) in [5.74, 6) is 0.559. The lowest BCUT2D eigenvalue weighted by atomic mass is 9.78. The molecule has 0 radical (unpaired) electrons. The fourth-order valence-corrected chi connectivity index (χ4v) is 4.63. The second-order valence-electron chi connectivity index (χ2n) is 7.98. The number of nitrogens with one attached hydrogen (secondary N) is 1. The highest BCUT2D eigenvalue weighted by Crippen LogP contribution is 2.45. The molecule has 28 heavy (non-hydrogen) atoms. The van der Waals surface area contributed by atoms with Gasteiger partial charge in [0.25, 0.3) is 0 Å². The summed E-state index contributed by atoms with van der Waals surface area (Å²) in [6.07, 6.45) is 7.92. The number of carbonyl (C=O) groups excluding carboxylic acids is 2. The van der Waals surface area contributed by atoms with E-state index < -0.39 is 0 Å². The van der Waals surface area contributed by atoms with Crippen molar-refractivity contribution >= 4 is 11.8 Å². The van der Waals surface area contributed by atoms with Crippen LogP contribution in [0.5, 0.6) is 0 Å². The first-order valence-electron chi connectivity index (χ1n) is 10.0. The third-order valence-corrected chi connectivity index (χ3v) is 6.34. The van der Waals surface area contributed by atoms with Crippen molar-refractivity contribution in [3.05, 3.63) is 24.0 Å². The van der Waals surface area contributed by atoms with Gasteiger partial charge in [-0.3, -0.25) is 9.59 Å². The number of rotatable bonds is 4. The fraction of sp³-hybridized carbons (Fsp3) is 0.667. The van der Waals surface area contributed by atoms with Gasteiger partial charge < -0.3 is 14.8 Å². The molecular weight excluding hydrogens is 360 g/mol. The Morgan fingerprint density at radius 1 is 1.21 bits per heavy atom. The summed E-state index contributed by atoms with van der Waals surface area (Å²) >= 11 is 0. The smallest absolute Gasteiger partial charge is 0.226 e. The lowest BCUT2D eigenvalue weighted by molar-refractivity contribution is -0.145. The minimum atomic E-state index is -0.375. The molecule has 2 fully saturated rings. The van der Waals surface area contributed by atoms with Gasteiger partial charge in [-0.05, 0) is 36.1 Å². The summed E-state index contributed by atoms with van der Waals surface area (Å²) in [4.78, 5) is 37.5. The van der Waals surface area contributed by atoms with Crippen molar-refractivity contribution in [1.29, 1.82) is 0 Å². The highest BCUT2D eigenvalue weighted by molar-refractivity contribution is 5.82. The second kappa shape index (κ2) is 6.68. The van der Waals surface area contributed by atoms with Crippen LogP contribution in [0.2, 0.25) is 0 Å². The molecule has 2 aromatic rings. The molecule has 4 heterocycles. The number of tetrazole rings is 1. The molecule has 0 atom stereocenters. The minimum absolute atomic E-state index is 0.100. The molecule has 1 spiro atoms. The Labute approximate surface area is 162 Å². The van der Waals surface area contributed by atoms with E-state index in [-0.39, 0.29) is 23.3 Å². The molecule has 0 unspecified atom stereocenters. The molecule has 10 heteroatoms. The lowest BCUT2D eigenvalue weighted by Gasteiger charge is -2.50. The average Bonchev–Trinajstić information content (AvgIpc) is 3.22. The number of hydrogen-bond donors (Lipinski definition) is 1. The third kappa shape index (κ3) is 2.87. The standard InChI is InChI=1S/C18H24N8O2/c27-15(4-7-25-12-21-22-23-25)24-9-5-18(6-10-24)16-14(19-11-20-16)3-8-26(18)17(28)13-1-2-13/h11-13H,1-10H2,(H,19,20). The van der Waals surface area contributed by atoms with Crippen LogP contribution in [0.3, 0.4) is 0 Å². The van der Waals surface area contributed by atoms with Crippen molar-refractivity contribution in [3.8, 4) is 0 Å². The zero-order chi connectivity index (χ0) is 19.1. The molecule has 1 saturated heterocycles. The predicted molar refractivity (Wildman–Crippen MR) is 96.7 cm³/mol. The normalized spacial score (nSPS) is 21.0. The number of aromatic amines is 1. The number of H-pyrrole nitrogens is 1. The van der Waals surface area contributed by atoms with E-state index in [0.29, 0.717) is 26.1 Å². The largest absolute Gasteiger partial charge is 0.348 e. The first-order chi connectivity index (χ1) is 13.7. The Bertz CT molecular complexity index is 864. The highest BCUT2D eigenvalue weighted by Gasteiger charge is 2.51. The Balaban J connectivity index is 1.31. The van der Waals surface area contributed by atoms with Crippen LogP contribution in [0.4, 0.5) is 0 Å². The molecule has 2 aliphatic heterocycles. The zero-order valence-electron chi connectivity index (χ0n) is 15.8. The monoisotopic (exact) mass is 384 g/mol. The van der Waals surface area contributed by atoms with Crippen LogP contribution in [-0.4, -0.2) is 71.4 Å². The van der Waals surface area contributed by atoms with Crippen LogP contribution in [0.15, 0.2) is 12.7 Å². The highest BCUT2D eigenvalue weighted by atomic mass is 16.2. The van der Waals surface area contributed by atoms with Gasteiger partial charge in [0, 0.05) is 44.1 Å². The maximum atomic E-state index is 13.0. The van der Waals surface area contributed by atoms with Gasteiger partial charge in [0.1, 0.15) is 6.33 Å². The summed E-state index contributed by atoms with van der Waals surface area (Å²) in [5, 5.41) is 11.0. The maximum absolute atomic E-state index is 13.0. The van der Waals surface area contributed by atoms with Crippen molar-refractivity contribution in [2.75, 3.05) is 19.6 Å². The SMILES string of the molecule is O=C(CCn1cnnn1)N1CCC2(CC1)c1nc[nH]c1CCN2C(=O)C1CC1. The van der Waals surface area contributed by atoms with Crippen LogP contribution in [0, 0.1) is 5.92 Å². The number of imidazole rings is 1. The lowest BCUT2D eigenvalue weighted by Crippen LogP contribution is -2.59. The van der Waals surface area contributed by atoms with E-state index >= 15 is 0 Å². The van der Waals surface area contributed by atoms with Crippen molar-refractivity contribution in [2.45, 2.75) is 50.6 Å². The van der Waals surface area contributed by atoms with Crippen molar-refractivity contribution in [3.63, 3.8) is 0 Å². The molecule has 5 rings (SSSR count). The number of hydrogen-bond acceptors (Lipinski definition) is 6. The molecule has 0 bridgehead atoms. The van der Waals surface area contributed by atoms with E-state index in [1.807, 2.05) is 4.90 Å². The van der Waals surface area contributed by atoms with Gasteiger partial charge in [0.15, 0.2) is 0 Å². The van der Waals surface area contributed by atoms with Gasteiger partial charge in [0.05, 0.1) is 24.1 Å². The van der Waals surface area contributed by atoms with Crippen molar-refractivity contribution < 1.29 is 9.59 Å². The van der Waals surface area contributed by atoms with Crippen LogP contribution in [0.25, 0.3) is 0 Å². The van der Waals surface area contributed by atoms with Gasteiger partial charge in [-0.25, -0.2) is 9.67 Å². The summed E-state index contributed by atoms with van der Waals surface area (Å²) in [6.45, 7) is 2.48. The Hall–Kier alpha value is -2.78. The Morgan fingerprint density at radius 2 is 2.04 bits per heavy atom. The molecule has 1 saturated carbocycles. The molecule has 1 N–H and O–H groups in total. The van der Waals surface area contributed by atoms with E-state index in [1.165, 1.54) is 6.33 Å². The van der Waals surface area contributed by atoms with Crippen LogP contribution >= 0.6 is 0 Å².